The minimum Gasteiger partial charge on any atom is -0.357 e. The number of rotatable bonds is 1. The SMILES string of the molecule is CNc1ncc2cc(Br)c3nncn3c2n1. The van der Waals surface area contributed by atoms with Crippen molar-refractivity contribution in [1.29, 1.82) is 0 Å². The van der Waals surface area contributed by atoms with Crippen LogP contribution in [0.25, 0.3) is 16.7 Å². The lowest BCUT2D eigenvalue weighted by atomic mass is 10.3. The van der Waals surface area contributed by atoms with Crippen molar-refractivity contribution in [3.63, 3.8) is 0 Å². The van der Waals surface area contributed by atoms with Gasteiger partial charge in [0.1, 0.15) is 6.33 Å². The fourth-order valence-corrected chi connectivity index (χ4v) is 2.07. The summed E-state index contributed by atoms with van der Waals surface area (Å²) in [6.07, 6.45) is 3.40. The van der Waals surface area contributed by atoms with Crippen molar-refractivity contribution in [3.05, 3.63) is 23.1 Å². The molecule has 0 fully saturated rings. The van der Waals surface area contributed by atoms with Crippen LogP contribution < -0.4 is 5.32 Å². The quantitative estimate of drug-likeness (QED) is 0.730. The van der Waals surface area contributed by atoms with Crippen molar-refractivity contribution >= 4 is 38.6 Å². The van der Waals surface area contributed by atoms with Crippen LogP contribution in [0, 0.1) is 0 Å². The Morgan fingerprint density at radius 2 is 2.25 bits per heavy atom. The monoisotopic (exact) mass is 278 g/mol. The average molecular weight is 279 g/mol. The summed E-state index contributed by atoms with van der Waals surface area (Å²) >= 11 is 3.44. The molecule has 1 N–H and O–H groups in total. The highest BCUT2D eigenvalue weighted by atomic mass is 79.9. The summed E-state index contributed by atoms with van der Waals surface area (Å²) in [5.74, 6) is 0.574. The number of halogens is 1. The number of hydrogen-bond donors (Lipinski definition) is 1. The minimum atomic E-state index is 0.574. The minimum absolute atomic E-state index is 0.574. The first-order chi connectivity index (χ1) is 7.79. The third kappa shape index (κ3) is 1.25. The normalized spacial score (nSPS) is 11.1. The number of aromatic nitrogens is 5. The molecule has 0 aliphatic carbocycles. The number of hydrogen-bond acceptors (Lipinski definition) is 5. The number of nitrogens with one attached hydrogen (secondary N) is 1. The number of fused-ring (bicyclic) bond motifs is 3. The van der Waals surface area contributed by atoms with Crippen LogP contribution in [0.15, 0.2) is 23.1 Å². The Morgan fingerprint density at radius 3 is 3.06 bits per heavy atom. The number of anilines is 1. The predicted octanol–water partition coefficient (Wildman–Crippen LogP) is 1.48. The third-order valence-electron chi connectivity index (χ3n) is 2.29. The first kappa shape index (κ1) is 9.46. The van der Waals surface area contributed by atoms with Gasteiger partial charge in [0.2, 0.25) is 5.95 Å². The number of pyridine rings is 1. The van der Waals surface area contributed by atoms with Gasteiger partial charge in [-0.25, -0.2) is 4.98 Å². The standard InChI is InChI=1S/C9H7BrN6/c1-11-9-12-3-5-2-6(10)8-15-13-4-16(8)7(5)14-9/h2-4H,1H3,(H,11,12,14). The highest BCUT2D eigenvalue weighted by Gasteiger charge is 2.08. The first-order valence-electron chi connectivity index (χ1n) is 4.62. The molecular formula is C9H7BrN6. The average Bonchev–Trinajstić information content (AvgIpc) is 2.78. The molecule has 0 aliphatic heterocycles. The molecule has 6 nitrogen and oxygen atoms in total. The van der Waals surface area contributed by atoms with E-state index in [1.54, 1.807) is 19.6 Å². The maximum absolute atomic E-state index is 4.38. The molecule has 0 saturated heterocycles. The van der Waals surface area contributed by atoms with Crippen LogP contribution in [-0.4, -0.2) is 31.6 Å². The Morgan fingerprint density at radius 1 is 1.38 bits per heavy atom. The highest BCUT2D eigenvalue weighted by Crippen LogP contribution is 2.22. The second kappa shape index (κ2) is 3.38. The molecule has 3 heterocycles. The Labute approximate surface area is 98.9 Å². The fourth-order valence-electron chi connectivity index (χ4n) is 1.55. The molecule has 0 bridgehead atoms. The van der Waals surface area contributed by atoms with Crippen molar-refractivity contribution < 1.29 is 0 Å². The van der Waals surface area contributed by atoms with E-state index in [2.05, 4.69) is 41.4 Å². The summed E-state index contributed by atoms with van der Waals surface area (Å²) in [5, 5.41) is 11.7. The van der Waals surface area contributed by atoms with Crippen molar-refractivity contribution in [3.8, 4) is 0 Å². The van der Waals surface area contributed by atoms with E-state index in [0.29, 0.717) is 5.95 Å². The van der Waals surface area contributed by atoms with Gasteiger partial charge >= 0.3 is 0 Å². The molecule has 0 amide bonds. The van der Waals surface area contributed by atoms with Gasteiger partial charge in [-0.15, -0.1) is 10.2 Å². The van der Waals surface area contributed by atoms with Crippen molar-refractivity contribution in [2.24, 2.45) is 0 Å². The molecule has 0 aromatic carbocycles. The van der Waals surface area contributed by atoms with Crippen LogP contribution in [-0.2, 0) is 0 Å². The Bertz CT molecular complexity index is 676. The highest BCUT2D eigenvalue weighted by molar-refractivity contribution is 9.10. The Kier molecular flexibility index (Phi) is 2.00. The van der Waals surface area contributed by atoms with E-state index in [1.165, 1.54) is 0 Å². The molecule has 0 aliphatic rings. The molecule has 7 heteroatoms. The van der Waals surface area contributed by atoms with E-state index >= 15 is 0 Å². The van der Waals surface area contributed by atoms with Crippen LogP contribution in [0.2, 0.25) is 0 Å². The Hall–Kier alpha value is -1.76. The smallest absolute Gasteiger partial charge is 0.224 e. The largest absolute Gasteiger partial charge is 0.357 e. The summed E-state index contributed by atoms with van der Waals surface area (Å²) in [7, 11) is 1.78. The lowest BCUT2D eigenvalue weighted by molar-refractivity contribution is 1.10. The molecule has 3 rings (SSSR count). The second-order valence-electron chi connectivity index (χ2n) is 3.24. The van der Waals surface area contributed by atoms with Gasteiger partial charge in [0, 0.05) is 18.6 Å². The summed E-state index contributed by atoms with van der Waals surface area (Å²) in [5.41, 5.74) is 1.52. The van der Waals surface area contributed by atoms with Crippen molar-refractivity contribution in [2.45, 2.75) is 0 Å². The van der Waals surface area contributed by atoms with Gasteiger partial charge in [0.15, 0.2) is 11.3 Å². The van der Waals surface area contributed by atoms with Crippen LogP contribution in [0.4, 0.5) is 5.95 Å². The Balaban J connectivity index is 2.50. The third-order valence-corrected chi connectivity index (χ3v) is 2.87. The molecular weight excluding hydrogens is 272 g/mol. The summed E-state index contributed by atoms with van der Waals surface area (Å²) < 4.78 is 2.69. The molecule has 0 unspecified atom stereocenters. The van der Waals surface area contributed by atoms with E-state index < -0.39 is 0 Å². The zero-order chi connectivity index (χ0) is 11.1. The summed E-state index contributed by atoms with van der Waals surface area (Å²) in [4.78, 5) is 8.54. The van der Waals surface area contributed by atoms with E-state index in [9.17, 15) is 0 Å². The maximum Gasteiger partial charge on any atom is 0.224 e. The van der Waals surface area contributed by atoms with Crippen molar-refractivity contribution in [2.75, 3.05) is 12.4 Å². The number of nitrogens with zero attached hydrogens (tertiary/aromatic N) is 5. The molecule has 0 radical (unpaired) electrons. The van der Waals surface area contributed by atoms with Crippen LogP contribution in [0.1, 0.15) is 0 Å². The van der Waals surface area contributed by atoms with Gasteiger partial charge in [0.05, 0.1) is 4.47 Å². The summed E-state index contributed by atoms with van der Waals surface area (Å²) in [6.45, 7) is 0. The molecule has 80 valence electrons. The van der Waals surface area contributed by atoms with Gasteiger partial charge < -0.3 is 5.32 Å². The van der Waals surface area contributed by atoms with Gasteiger partial charge in [-0.1, -0.05) is 0 Å². The second-order valence-corrected chi connectivity index (χ2v) is 4.09. The van der Waals surface area contributed by atoms with Crippen molar-refractivity contribution in [1.82, 2.24) is 24.6 Å². The molecule has 0 spiro atoms. The van der Waals surface area contributed by atoms with Gasteiger partial charge in [-0.2, -0.15) is 4.98 Å². The molecule has 3 aromatic rings. The molecule has 3 aromatic heterocycles. The van der Waals surface area contributed by atoms with Gasteiger partial charge in [-0.3, -0.25) is 4.40 Å². The van der Waals surface area contributed by atoms with E-state index in [1.807, 2.05) is 10.5 Å². The lowest BCUT2D eigenvalue weighted by Gasteiger charge is -2.03. The van der Waals surface area contributed by atoms with E-state index in [-0.39, 0.29) is 0 Å². The lowest BCUT2D eigenvalue weighted by Crippen LogP contribution is -1.99. The molecule has 0 saturated carbocycles. The van der Waals surface area contributed by atoms with Gasteiger partial charge in [-0.05, 0) is 22.0 Å². The van der Waals surface area contributed by atoms with Crippen LogP contribution in [0.5, 0.6) is 0 Å². The predicted molar refractivity (Wildman–Crippen MR) is 63.3 cm³/mol. The van der Waals surface area contributed by atoms with E-state index in [4.69, 9.17) is 0 Å². The topological polar surface area (TPSA) is 68.0 Å². The zero-order valence-electron chi connectivity index (χ0n) is 8.35. The summed E-state index contributed by atoms with van der Waals surface area (Å²) in [6, 6.07) is 1.93. The van der Waals surface area contributed by atoms with E-state index in [0.717, 1.165) is 21.2 Å². The maximum atomic E-state index is 4.38. The zero-order valence-corrected chi connectivity index (χ0v) is 9.93. The van der Waals surface area contributed by atoms with Crippen LogP contribution >= 0.6 is 15.9 Å². The van der Waals surface area contributed by atoms with Crippen LogP contribution in [0.3, 0.4) is 0 Å². The fraction of sp³-hybridized carbons (Fsp3) is 0.111. The first-order valence-corrected chi connectivity index (χ1v) is 5.41. The molecule has 0 atom stereocenters. The molecule has 16 heavy (non-hydrogen) atoms. The van der Waals surface area contributed by atoms with Gasteiger partial charge in [0.25, 0.3) is 0 Å².